The first kappa shape index (κ1) is 15.9. The van der Waals surface area contributed by atoms with Crippen molar-refractivity contribution in [2.75, 3.05) is 5.06 Å². The molecule has 0 aromatic heterocycles. The van der Waals surface area contributed by atoms with Crippen LogP contribution in [0, 0.1) is 0 Å². The average molecular weight is 374 g/mol. The van der Waals surface area contributed by atoms with Crippen molar-refractivity contribution in [2.45, 2.75) is 26.4 Å². The number of carbonyl (C=O) groups is 2. The van der Waals surface area contributed by atoms with Gasteiger partial charge in [0.15, 0.2) is 5.78 Å². The van der Waals surface area contributed by atoms with Gasteiger partial charge in [-0.3, -0.25) is 14.4 Å². The maximum absolute atomic E-state index is 12.0. The molecule has 0 fully saturated rings. The van der Waals surface area contributed by atoms with Crippen LogP contribution in [0.4, 0.5) is 5.69 Å². The average Bonchev–Trinajstić information content (AvgIpc) is 2.89. The molecule has 0 saturated heterocycles. The number of rotatable bonds is 4. The molecular weight excluding hydrogens is 358 g/mol. The zero-order valence-electron chi connectivity index (χ0n) is 12.7. The maximum atomic E-state index is 12.0. The predicted molar refractivity (Wildman–Crippen MR) is 91.2 cm³/mol. The molecular formula is C18H16BrNO3. The number of hydrogen-bond donors (Lipinski definition) is 0. The molecule has 1 amide bonds. The van der Waals surface area contributed by atoms with Gasteiger partial charge >= 0.3 is 0 Å². The number of amides is 1. The van der Waals surface area contributed by atoms with Gasteiger partial charge in [0.2, 0.25) is 5.91 Å². The summed E-state index contributed by atoms with van der Waals surface area (Å²) < 4.78 is 0.676. The van der Waals surface area contributed by atoms with Crippen LogP contribution in [0.2, 0.25) is 0 Å². The standard InChI is InChI=1S/C18H16BrNO3/c1-12(21)20(23-11-13-5-3-2-4-6-13)17-9-14-7-8-18(22)15(14)10-16(17)19/h2-6,9-10H,7-8,11H2,1H3. The van der Waals surface area contributed by atoms with Crippen LogP contribution in [0.25, 0.3) is 0 Å². The molecule has 0 bridgehead atoms. The third kappa shape index (κ3) is 3.35. The molecule has 0 saturated carbocycles. The van der Waals surface area contributed by atoms with E-state index in [4.69, 9.17) is 4.84 Å². The molecule has 0 aliphatic heterocycles. The number of halogens is 1. The molecule has 0 spiro atoms. The predicted octanol–water partition coefficient (Wildman–Crippen LogP) is 4.06. The Morgan fingerprint density at radius 3 is 2.65 bits per heavy atom. The van der Waals surface area contributed by atoms with Crippen LogP contribution in [-0.4, -0.2) is 11.7 Å². The fourth-order valence-corrected chi connectivity index (χ4v) is 3.16. The lowest BCUT2D eigenvalue weighted by molar-refractivity contribution is -0.124. The van der Waals surface area contributed by atoms with Crippen LogP contribution in [0.15, 0.2) is 46.9 Å². The summed E-state index contributed by atoms with van der Waals surface area (Å²) in [6.07, 6.45) is 1.23. The van der Waals surface area contributed by atoms with E-state index in [0.717, 1.165) is 16.7 Å². The Bertz CT molecular complexity index is 758. The van der Waals surface area contributed by atoms with E-state index in [1.54, 1.807) is 6.07 Å². The summed E-state index contributed by atoms with van der Waals surface area (Å²) in [5, 5.41) is 1.28. The number of aryl methyl sites for hydroxylation is 1. The monoisotopic (exact) mass is 373 g/mol. The molecule has 0 heterocycles. The highest BCUT2D eigenvalue weighted by Gasteiger charge is 2.24. The number of carbonyl (C=O) groups excluding carboxylic acids is 2. The Morgan fingerprint density at radius 2 is 1.96 bits per heavy atom. The van der Waals surface area contributed by atoms with Crippen molar-refractivity contribution in [3.05, 3.63) is 63.6 Å². The number of nitrogens with zero attached hydrogens (tertiary/aromatic N) is 1. The minimum Gasteiger partial charge on any atom is -0.294 e. The fourth-order valence-electron chi connectivity index (χ4n) is 2.65. The second kappa shape index (κ2) is 6.64. The molecule has 0 atom stereocenters. The van der Waals surface area contributed by atoms with Gasteiger partial charge < -0.3 is 0 Å². The third-order valence-electron chi connectivity index (χ3n) is 3.80. The third-order valence-corrected chi connectivity index (χ3v) is 4.44. The maximum Gasteiger partial charge on any atom is 0.247 e. The molecule has 0 radical (unpaired) electrons. The number of fused-ring (bicyclic) bond motifs is 1. The second-order valence-corrected chi connectivity index (χ2v) is 6.31. The first-order valence-electron chi connectivity index (χ1n) is 7.39. The highest BCUT2D eigenvalue weighted by molar-refractivity contribution is 9.10. The van der Waals surface area contributed by atoms with Crippen LogP contribution >= 0.6 is 15.9 Å². The Morgan fingerprint density at radius 1 is 1.22 bits per heavy atom. The topological polar surface area (TPSA) is 46.6 Å². The van der Waals surface area contributed by atoms with E-state index < -0.39 is 0 Å². The van der Waals surface area contributed by atoms with E-state index in [-0.39, 0.29) is 11.7 Å². The SMILES string of the molecule is CC(=O)N(OCc1ccccc1)c1cc2c(cc1Br)C(=O)CC2. The van der Waals surface area contributed by atoms with Gasteiger partial charge in [0, 0.05) is 23.4 Å². The Balaban J connectivity index is 1.87. The quantitative estimate of drug-likeness (QED) is 0.759. The number of hydrogen-bond acceptors (Lipinski definition) is 3. The summed E-state index contributed by atoms with van der Waals surface area (Å²) in [4.78, 5) is 29.5. The minimum atomic E-state index is -0.217. The zero-order valence-corrected chi connectivity index (χ0v) is 14.3. The van der Waals surface area contributed by atoms with Crippen molar-refractivity contribution < 1.29 is 14.4 Å². The van der Waals surface area contributed by atoms with Gasteiger partial charge in [0.1, 0.15) is 6.61 Å². The molecule has 23 heavy (non-hydrogen) atoms. The highest BCUT2D eigenvalue weighted by atomic mass is 79.9. The smallest absolute Gasteiger partial charge is 0.247 e. The lowest BCUT2D eigenvalue weighted by Crippen LogP contribution is -2.29. The van der Waals surface area contributed by atoms with E-state index in [9.17, 15) is 9.59 Å². The second-order valence-electron chi connectivity index (χ2n) is 5.46. The van der Waals surface area contributed by atoms with Crippen molar-refractivity contribution in [1.82, 2.24) is 0 Å². The summed E-state index contributed by atoms with van der Waals surface area (Å²) in [5.74, 6) is -0.0715. The normalized spacial score (nSPS) is 13.0. The first-order valence-corrected chi connectivity index (χ1v) is 8.18. The largest absolute Gasteiger partial charge is 0.294 e. The lowest BCUT2D eigenvalue weighted by atomic mass is 10.1. The van der Waals surface area contributed by atoms with Crippen LogP contribution in [0.5, 0.6) is 0 Å². The summed E-state index contributed by atoms with van der Waals surface area (Å²) >= 11 is 3.45. The van der Waals surface area contributed by atoms with Gasteiger partial charge in [0.25, 0.3) is 0 Å². The summed E-state index contributed by atoms with van der Waals surface area (Å²) in [7, 11) is 0. The van der Waals surface area contributed by atoms with Crippen molar-refractivity contribution in [1.29, 1.82) is 0 Å². The van der Waals surface area contributed by atoms with E-state index in [1.165, 1.54) is 12.0 Å². The van der Waals surface area contributed by atoms with Crippen molar-refractivity contribution in [3.8, 4) is 0 Å². The van der Waals surface area contributed by atoms with Crippen LogP contribution in [-0.2, 0) is 22.7 Å². The highest BCUT2D eigenvalue weighted by Crippen LogP contribution is 2.34. The summed E-state index contributed by atoms with van der Waals surface area (Å²) in [6, 6.07) is 13.3. The number of ketones is 1. The number of anilines is 1. The molecule has 3 rings (SSSR count). The molecule has 2 aromatic rings. The van der Waals surface area contributed by atoms with E-state index in [1.807, 2.05) is 36.4 Å². The Hall–Kier alpha value is -1.98. The molecule has 1 aliphatic carbocycles. The molecule has 0 N–H and O–H groups in total. The van der Waals surface area contributed by atoms with Gasteiger partial charge in [-0.05, 0) is 45.6 Å². The van der Waals surface area contributed by atoms with Crippen molar-refractivity contribution in [3.63, 3.8) is 0 Å². The molecule has 0 unspecified atom stereocenters. The summed E-state index contributed by atoms with van der Waals surface area (Å²) in [5.41, 5.74) is 3.29. The summed E-state index contributed by atoms with van der Waals surface area (Å²) in [6.45, 7) is 1.75. The Kier molecular flexibility index (Phi) is 4.59. The number of Topliss-reactive ketones (excluding diaryl/α,β-unsaturated/α-hetero) is 1. The number of hydroxylamine groups is 1. The van der Waals surface area contributed by atoms with E-state index in [2.05, 4.69) is 15.9 Å². The first-order chi connectivity index (χ1) is 11.1. The van der Waals surface area contributed by atoms with Crippen molar-refractivity contribution >= 4 is 33.3 Å². The molecule has 2 aromatic carbocycles. The lowest BCUT2D eigenvalue weighted by Gasteiger charge is -2.22. The van der Waals surface area contributed by atoms with Gasteiger partial charge in [0.05, 0.1) is 5.69 Å². The van der Waals surface area contributed by atoms with Crippen LogP contribution in [0.3, 0.4) is 0 Å². The van der Waals surface area contributed by atoms with Gasteiger partial charge in [-0.1, -0.05) is 30.3 Å². The Labute approximate surface area is 143 Å². The van der Waals surface area contributed by atoms with Gasteiger partial charge in [-0.15, -0.1) is 0 Å². The van der Waals surface area contributed by atoms with Crippen LogP contribution in [0.1, 0.15) is 34.8 Å². The molecule has 118 valence electrons. The number of benzene rings is 2. The molecule has 4 nitrogen and oxygen atoms in total. The van der Waals surface area contributed by atoms with Gasteiger partial charge in [-0.2, -0.15) is 5.06 Å². The molecule has 1 aliphatic rings. The van der Waals surface area contributed by atoms with Crippen LogP contribution < -0.4 is 5.06 Å². The fraction of sp³-hybridized carbons (Fsp3) is 0.222. The minimum absolute atomic E-state index is 0.145. The van der Waals surface area contributed by atoms with Gasteiger partial charge in [-0.25, -0.2) is 0 Å². The van der Waals surface area contributed by atoms with E-state index in [0.29, 0.717) is 29.6 Å². The zero-order chi connectivity index (χ0) is 16.4. The van der Waals surface area contributed by atoms with Crippen molar-refractivity contribution in [2.24, 2.45) is 0 Å². The molecule has 5 heteroatoms. The van der Waals surface area contributed by atoms with E-state index >= 15 is 0 Å².